The third kappa shape index (κ3) is 7.65. The summed E-state index contributed by atoms with van der Waals surface area (Å²) < 4.78 is 0. The Hall–Kier alpha value is -4.23. The Labute approximate surface area is 225 Å². The third-order valence-corrected chi connectivity index (χ3v) is 6.65. The molecule has 3 aromatic rings. The van der Waals surface area contributed by atoms with E-state index >= 15 is 0 Å². The molecule has 9 N–H and O–H groups in total. The first kappa shape index (κ1) is 29.3. The van der Waals surface area contributed by atoms with Crippen molar-refractivity contribution in [3.8, 4) is 0 Å². The average Bonchev–Trinajstić information content (AvgIpc) is 3.59. The van der Waals surface area contributed by atoms with Crippen LogP contribution in [0.25, 0.3) is 10.9 Å². The predicted octanol–water partition coefficient (Wildman–Crippen LogP) is -0.419. The number of aliphatic hydroxyl groups is 1. The molecule has 2 heterocycles. The van der Waals surface area contributed by atoms with Gasteiger partial charge in [-0.25, -0.2) is 9.78 Å². The molecule has 0 bridgehead atoms. The number of carboxylic acids is 1. The van der Waals surface area contributed by atoms with Crippen LogP contribution < -0.4 is 21.7 Å². The van der Waals surface area contributed by atoms with Crippen LogP contribution in [0.4, 0.5) is 0 Å². The Balaban J connectivity index is 1.80. The highest BCUT2D eigenvalue weighted by molar-refractivity contribution is 5.94. The molecule has 2 aromatic heterocycles. The van der Waals surface area contributed by atoms with Gasteiger partial charge in [0.1, 0.15) is 24.2 Å². The van der Waals surface area contributed by atoms with Gasteiger partial charge in [0.15, 0.2) is 0 Å². The number of H-pyrrole nitrogens is 2. The van der Waals surface area contributed by atoms with Crippen molar-refractivity contribution in [2.24, 2.45) is 11.7 Å². The summed E-state index contributed by atoms with van der Waals surface area (Å²) >= 11 is 0. The molecule has 5 unspecified atom stereocenters. The number of nitrogens with zero attached hydrogens (tertiary/aromatic N) is 1. The monoisotopic (exact) mass is 541 g/mol. The molecule has 39 heavy (non-hydrogen) atoms. The SMILES string of the molecule is CCC(C)C(NC(=O)C(N)CO)C(=O)NC(Cc1cnc[nH]1)C(=O)NC(Cc1c[nH]c2ccccc12)C(=O)O. The molecule has 0 aliphatic carbocycles. The number of nitrogens with two attached hydrogens (primary N) is 1. The van der Waals surface area contributed by atoms with Gasteiger partial charge in [0, 0.05) is 41.8 Å². The van der Waals surface area contributed by atoms with Crippen molar-refractivity contribution >= 4 is 34.6 Å². The van der Waals surface area contributed by atoms with Gasteiger partial charge in [0.05, 0.1) is 12.9 Å². The molecule has 0 aliphatic heterocycles. The number of hydrogen-bond acceptors (Lipinski definition) is 7. The zero-order valence-electron chi connectivity index (χ0n) is 21.8. The summed E-state index contributed by atoms with van der Waals surface area (Å²) in [6, 6.07) is 2.70. The lowest BCUT2D eigenvalue weighted by atomic mass is 9.97. The fourth-order valence-corrected chi connectivity index (χ4v) is 4.12. The highest BCUT2D eigenvalue weighted by Crippen LogP contribution is 2.19. The van der Waals surface area contributed by atoms with Gasteiger partial charge >= 0.3 is 5.97 Å². The van der Waals surface area contributed by atoms with Crippen molar-refractivity contribution in [3.05, 3.63) is 54.2 Å². The molecule has 0 spiro atoms. The smallest absolute Gasteiger partial charge is 0.326 e. The number of imidazole rings is 1. The van der Waals surface area contributed by atoms with Crippen molar-refractivity contribution in [1.29, 1.82) is 0 Å². The molecule has 0 radical (unpaired) electrons. The minimum Gasteiger partial charge on any atom is -0.480 e. The number of carbonyl (C=O) groups excluding carboxylic acids is 3. The molecular formula is C26H35N7O6. The zero-order chi connectivity index (χ0) is 28.5. The number of aromatic nitrogens is 3. The van der Waals surface area contributed by atoms with E-state index in [-0.39, 0.29) is 18.8 Å². The zero-order valence-corrected chi connectivity index (χ0v) is 21.8. The summed E-state index contributed by atoms with van der Waals surface area (Å²) in [5, 5.41) is 27.6. The van der Waals surface area contributed by atoms with Crippen molar-refractivity contribution in [1.82, 2.24) is 30.9 Å². The topological polar surface area (TPSA) is 215 Å². The number of aliphatic hydroxyl groups excluding tert-OH is 1. The standard InChI is InChI=1S/C26H35N7O6/c1-3-14(2)22(33-23(35)18(27)12-34)25(37)31-20(9-16-11-28-13-30-16)24(36)32-21(26(38)39)8-15-10-29-19-7-5-4-6-17(15)19/h4-7,10-11,13-14,18,20-22,29,34H,3,8-9,12,27H2,1-2H3,(H,28,30)(H,31,37)(H,32,36)(H,33,35)(H,38,39). The van der Waals surface area contributed by atoms with Crippen LogP contribution in [0.15, 0.2) is 43.0 Å². The van der Waals surface area contributed by atoms with Gasteiger partial charge in [-0.2, -0.15) is 0 Å². The van der Waals surface area contributed by atoms with E-state index in [4.69, 9.17) is 5.73 Å². The molecule has 3 rings (SSSR count). The van der Waals surface area contributed by atoms with E-state index in [1.54, 1.807) is 13.1 Å². The first-order valence-corrected chi connectivity index (χ1v) is 12.7. The third-order valence-electron chi connectivity index (χ3n) is 6.65. The molecule has 13 heteroatoms. The van der Waals surface area contributed by atoms with Gasteiger partial charge in [-0.15, -0.1) is 0 Å². The van der Waals surface area contributed by atoms with Gasteiger partial charge in [0.2, 0.25) is 17.7 Å². The normalized spacial score (nSPS) is 15.1. The van der Waals surface area contributed by atoms with E-state index in [2.05, 4.69) is 30.9 Å². The number of benzene rings is 1. The number of carbonyl (C=O) groups is 4. The highest BCUT2D eigenvalue weighted by Gasteiger charge is 2.33. The molecule has 0 saturated heterocycles. The molecule has 5 atom stereocenters. The number of para-hydroxylation sites is 1. The molecule has 0 fully saturated rings. The molecular weight excluding hydrogens is 506 g/mol. The number of carboxylic acid groups (broad SMARTS) is 1. The van der Waals surface area contributed by atoms with Crippen LogP contribution in [0, 0.1) is 5.92 Å². The van der Waals surface area contributed by atoms with Gasteiger partial charge in [0.25, 0.3) is 0 Å². The second-order valence-corrected chi connectivity index (χ2v) is 9.47. The number of aliphatic carboxylic acids is 1. The van der Waals surface area contributed by atoms with Gasteiger partial charge in [-0.3, -0.25) is 14.4 Å². The summed E-state index contributed by atoms with van der Waals surface area (Å²) in [6.07, 6.45) is 5.14. The van der Waals surface area contributed by atoms with E-state index in [0.717, 1.165) is 10.9 Å². The largest absolute Gasteiger partial charge is 0.480 e. The van der Waals surface area contributed by atoms with E-state index in [1.165, 1.54) is 12.5 Å². The Morgan fingerprint density at radius 3 is 2.36 bits per heavy atom. The maximum absolute atomic E-state index is 13.4. The number of nitrogens with one attached hydrogen (secondary N) is 5. The van der Waals surface area contributed by atoms with E-state index < -0.39 is 54.5 Å². The molecule has 3 amide bonds. The lowest BCUT2D eigenvalue weighted by Gasteiger charge is -2.27. The maximum atomic E-state index is 13.4. The maximum Gasteiger partial charge on any atom is 0.326 e. The van der Waals surface area contributed by atoms with Gasteiger partial charge < -0.3 is 41.9 Å². The molecule has 0 saturated carbocycles. The summed E-state index contributed by atoms with van der Waals surface area (Å²) in [5.41, 5.74) is 7.68. The lowest BCUT2D eigenvalue weighted by Crippen LogP contribution is -2.59. The fraction of sp³-hybridized carbons (Fsp3) is 0.423. The highest BCUT2D eigenvalue weighted by atomic mass is 16.4. The van der Waals surface area contributed by atoms with Crippen LogP contribution in [0.5, 0.6) is 0 Å². The van der Waals surface area contributed by atoms with Gasteiger partial charge in [-0.1, -0.05) is 38.5 Å². The summed E-state index contributed by atoms with van der Waals surface area (Å²) in [4.78, 5) is 61.0. The molecule has 1 aromatic carbocycles. The molecule has 0 aliphatic rings. The van der Waals surface area contributed by atoms with Crippen molar-refractivity contribution in [3.63, 3.8) is 0 Å². The fourth-order valence-electron chi connectivity index (χ4n) is 4.12. The lowest BCUT2D eigenvalue weighted by molar-refractivity contribution is -0.142. The van der Waals surface area contributed by atoms with E-state index in [1.807, 2.05) is 31.2 Å². The molecule has 13 nitrogen and oxygen atoms in total. The van der Waals surface area contributed by atoms with Crippen LogP contribution in [0.2, 0.25) is 0 Å². The number of fused-ring (bicyclic) bond motifs is 1. The van der Waals surface area contributed by atoms with Crippen molar-refractivity contribution < 1.29 is 29.4 Å². The van der Waals surface area contributed by atoms with Crippen molar-refractivity contribution in [2.45, 2.75) is 57.3 Å². The Bertz CT molecular complexity index is 1270. The van der Waals surface area contributed by atoms with Crippen LogP contribution in [-0.2, 0) is 32.0 Å². The first-order chi connectivity index (χ1) is 18.6. The number of rotatable bonds is 14. The summed E-state index contributed by atoms with van der Waals surface area (Å²) in [5.74, 6) is -3.64. The van der Waals surface area contributed by atoms with Gasteiger partial charge in [-0.05, 0) is 17.5 Å². The quantitative estimate of drug-likeness (QED) is 0.134. The van der Waals surface area contributed by atoms with Crippen LogP contribution in [0.1, 0.15) is 31.5 Å². The second-order valence-electron chi connectivity index (χ2n) is 9.47. The Morgan fingerprint density at radius 1 is 1.00 bits per heavy atom. The summed E-state index contributed by atoms with van der Waals surface area (Å²) in [6.45, 7) is 2.99. The van der Waals surface area contributed by atoms with E-state index in [0.29, 0.717) is 17.7 Å². The minimum absolute atomic E-state index is 0.00563. The van der Waals surface area contributed by atoms with Crippen LogP contribution in [0.3, 0.4) is 0 Å². The minimum atomic E-state index is -1.27. The van der Waals surface area contributed by atoms with Crippen LogP contribution >= 0.6 is 0 Å². The average molecular weight is 542 g/mol. The van der Waals surface area contributed by atoms with E-state index in [9.17, 15) is 29.4 Å². The predicted molar refractivity (Wildman–Crippen MR) is 142 cm³/mol. The Kier molecular flexibility index (Phi) is 10.2. The number of hydrogen-bond donors (Lipinski definition) is 8. The second kappa shape index (κ2) is 13.5. The number of amides is 3. The first-order valence-electron chi connectivity index (χ1n) is 12.7. The molecule has 210 valence electrons. The number of aromatic amines is 2. The van der Waals surface area contributed by atoms with Crippen molar-refractivity contribution in [2.75, 3.05) is 6.61 Å². The van der Waals surface area contributed by atoms with Crippen LogP contribution in [-0.4, -0.2) is 79.6 Å². The Morgan fingerprint density at radius 2 is 1.72 bits per heavy atom. The summed E-state index contributed by atoms with van der Waals surface area (Å²) in [7, 11) is 0.